The molecule has 2 heterocycles. The summed E-state index contributed by atoms with van der Waals surface area (Å²) < 4.78 is 12.6. The smallest absolute Gasteiger partial charge is 0.289 e. The van der Waals surface area contributed by atoms with E-state index in [1.54, 1.807) is 6.07 Å². The van der Waals surface area contributed by atoms with Gasteiger partial charge in [0, 0.05) is 5.56 Å². The highest BCUT2D eigenvalue weighted by molar-refractivity contribution is 5.61. The fourth-order valence-corrected chi connectivity index (χ4v) is 2.48. The van der Waals surface area contributed by atoms with E-state index in [0.29, 0.717) is 18.8 Å². The zero-order valence-corrected chi connectivity index (χ0v) is 12.7. The van der Waals surface area contributed by atoms with E-state index in [9.17, 15) is 4.79 Å². The maximum Gasteiger partial charge on any atom is 0.289 e. The molecule has 0 bridgehead atoms. The molecule has 6 nitrogen and oxygen atoms in total. The van der Waals surface area contributed by atoms with Crippen LogP contribution in [-0.2, 0) is 16.0 Å². The summed E-state index contributed by atoms with van der Waals surface area (Å²) in [5.74, 6) is -0.628. The van der Waals surface area contributed by atoms with Gasteiger partial charge >= 0.3 is 0 Å². The summed E-state index contributed by atoms with van der Waals surface area (Å²) in [7, 11) is 0. The first kappa shape index (κ1) is 14.7. The van der Waals surface area contributed by atoms with Crippen LogP contribution in [0, 0.1) is 0 Å². The van der Waals surface area contributed by atoms with Crippen LogP contribution in [0.5, 0.6) is 0 Å². The Morgan fingerprint density at radius 1 is 1.36 bits per heavy atom. The van der Waals surface area contributed by atoms with Crippen molar-refractivity contribution in [2.75, 3.05) is 12.3 Å². The Balaban J connectivity index is 1.91. The van der Waals surface area contributed by atoms with Gasteiger partial charge in [-0.3, -0.25) is 4.79 Å². The molecule has 0 amide bonds. The lowest BCUT2D eigenvalue weighted by molar-refractivity contribution is -0.140. The molecule has 1 aliphatic rings. The Morgan fingerprint density at radius 2 is 2.09 bits per heavy atom. The predicted molar refractivity (Wildman–Crippen MR) is 83.2 cm³/mol. The van der Waals surface area contributed by atoms with Crippen molar-refractivity contribution in [2.24, 2.45) is 0 Å². The Hall–Kier alpha value is -2.18. The minimum absolute atomic E-state index is 0.173. The Morgan fingerprint density at radius 3 is 2.73 bits per heavy atom. The molecule has 0 aliphatic carbocycles. The topological polar surface area (TPSA) is 79.4 Å². The van der Waals surface area contributed by atoms with Gasteiger partial charge in [0.05, 0.1) is 18.8 Å². The van der Waals surface area contributed by atoms with Crippen molar-refractivity contribution in [1.82, 2.24) is 9.78 Å². The number of nitrogen functional groups attached to an aromatic ring is 1. The van der Waals surface area contributed by atoms with Crippen LogP contribution in [-0.4, -0.2) is 28.3 Å². The van der Waals surface area contributed by atoms with Crippen molar-refractivity contribution >= 4 is 5.69 Å². The summed E-state index contributed by atoms with van der Waals surface area (Å²) in [6.45, 7) is 4.43. The average molecular weight is 301 g/mol. The molecule has 2 N–H and O–H groups in total. The van der Waals surface area contributed by atoms with E-state index in [1.807, 2.05) is 44.2 Å². The summed E-state index contributed by atoms with van der Waals surface area (Å²) in [4.78, 5) is 12.2. The summed E-state index contributed by atoms with van der Waals surface area (Å²) in [6, 6.07) is 11.2. The molecule has 1 fully saturated rings. The lowest BCUT2D eigenvalue weighted by Gasteiger charge is -2.17. The van der Waals surface area contributed by atoms with Gasteiger partial charge in [-0.2, -0.15) is 5.10 Å². The standard InChI is InChI=1S/C16H19N3O3/c1-16(2)21-10-12(22-16)9-19-15(20)13(17)8-14(18-19)11-6-4-3-5-7-11/h3-8,12H,9-10,17H2,1-2H3/t12-/m1/s1. The molecule has 116 valence electrons. The number of hydrogen-bond donors (Lipinski definition) is 1. The second-order valence-corrected chi connectivity index (χ2v) is 5.79. The highest BCUT2D eigenvalue weighted by atomic mass is 16.7. The van der Waals surface area contributed by atoms with Crippen molar-refractivity contribution in [3.63, 3.8) is 0 Å². The van der Waals surface area contributed by atoms with E-state index < -0.39 is 5.79 Å². The molecular formula is C16H19N3O3. The molecule has 0 spiro atoms. The van der Waals surface area contributed by atoms with E-state index >= 15 is 0 Å². The lowest BCUT2D eigenvalue weighted by atomic mass is 10.1. The SMILES string of the molecule is CC1(C)OC[C@@H](Cn2nc(-c3ccccc3)cc(N)c2=O)O1. The summed E-state index contributed by atoms with van der Waals surface area (Å²) >= 11 is 0. The van der Waals surface area contributed by atoms with Crippen LogP contribution < -0.4 is 11.3 Å². The van der Waals surface area contributed by atoms with E-state index in [-0.39, 0.29) is 17.4 Å². The second kappa shape index (κ2) is 5.55. The van der Waals surface area contributed by atoms with Crippen LogP contribution >= 0.6 is 0 Å². The van der Waals surface area contributed by atoms with Crippen molar-refractivity contribution in [3.8, 4) is 11.3 Å². The summed E-state index contributed by atoms with van der Waals surface area (Å²) in [5.41, 5.74) is 7.27. The minimum atomic E-state index is -0.628. The van der Waals surface area contributed by atoms with Gasteiger partial charge in [0.1, 0.15) is 11.8 Å². The zero-order chi connectivity index (χ0) is 15.7. The van der Waals surface area contributed by atoms with Gasteiger partial charge in [-0.05, 0) is 19.9 Å². The number of rotatable bonds is 3. The number of aromatic nitrogens is 2. The fourth-order valence-electron chi connectivity index (χ4n) is 2.48. The highest BCUT2D eigenvalue weighted by Crippen LogP contribution is 2.23. The molecule has 1 aromatic carbocycles. The third kappa shape index (κ3) is 3.03. The van der Waals surface area contributed by atoms with E-state index in [4.69, 9.17) is 15.2 Å². The maximum atomic E-state index is 12.2. The van der Waals surface area contributed by atoms with Gasteiger partial charge < -0.3 is 15.2 Å². The Kier molecular flexibility index (Phi) is 3.72. The van der Waals surface area contributed by atoms with Crippen LogP contribution in [0.25, 0.3) is 11.3 Å². The number of ether oxygens (including phenoxy) is 2. The van der Waals surface area contributed by atoms with E-state index in [1.165, 1.54) is 4.68 Å². The van der Waals surface area contributed by atoms with Crippen molar-refractivity contribution < 1.29 is 9.47 Å². The largest absolute Gasteiger partial charge is 0.394 e. The van der Waals surface area contributed by atoms with Gasteiger partial charge in [0.25, 0.3) is 5.56 Å². The van der Waals surface area contributed by atoms with E-state index in [0.717, 1.165) is 5.56 Å². The molecule has 2 aromatic rings. The molecule has 1 aromatic heterocycles. The van der Waals surface area contributed by atoms with Gasteiger partial charge in [0.15, 0.2) is 5.79 Å². The molecule has 0 radical (unpaired) electrons. The van der Waals surface area contributed by atoms with Gasteiger partial charge in [-0.1, -0.05) is 30.3 Å². The van der Waals surface area contributed by atoms with Crippen molar-refractivity contribution in [3.05, 3.63) is 46.8 Å². The molecule has 0 saturated carbocycles. The van der Waals surface area contributed by atoms with Gasteiger partial charge in [-0.25, -0.2) is 4.68 Å². The van der Waals surface area contributed by atoms with Crippen molar-refractivity contribution in [2.45, 2.75) is 32.3 Å². The zero-order valence-electron chi connectivity index (χ0n) is 12.7. The first-order valence-corrected chi connectivity index (χ1v) is 7.19. The van der Waals surface area contributed by atoms with Crippen LogP contribution in [0.15, 0.2) is 41.2 Å². The molecule has 6 heteroatoms. The predicted octanol–water partition coefficient (Wildman–Crippen LogP) is 1.64. The highest BCUT2D eigenvalue weighted by Gasteiger charge is 2.33. The lowest BCUT2D eigenvalue weighted by Crippen LogP contribution is -2.32. The van der Waals surface area contributed by atoms with E-state index in [2.05, 4.69) is 5.10 Å². The molecule has 22 heavy (non-hydrogen) atoms. The molecule has 1 saturated heterocycles. The van der Waals surface area contributed by atoms with Gasteiger partial charge in [-0.15, -0.1) is 0 Å². The number of anilines is 1. The first-order chi connectivity index (χ1) is 10.4. The molecule has 1 aliphatic heterocycles. The van der Waals surface area contributed by atoms with Gasteiger partial charge in [0.2, 0.25) is 0 Å². The quantitative estimate of drug-likeness (QED) is 0.932. The third-order valence-electron chi connectivity index (χ3n) is 3.52. The normalized spacial score (nSPS) is 20.2. The fraction of sp³-hybridized carbons (Fsp3) is 0.375. The van der Waals surface area contributed by atoms with Crippen LogP contribution in [0.1, 0.15) is 13.8 Å². The monoisotopic (exact) mass is 301 g/mol. The number of nitrogens with two attached hydrogens (primary N) is 1. The number of benzene rings is 1. The number of nitrogens with zero attached hydrogens (tertiary/aromatic N) is 2. The van der Waals surface area contributed by atoms with Crippen LogP contribution in [0.2, 0.25) is 0 Å². The molecule has 3 rings (SSSR count). The average Bonchev–Trinajstić information content (AvgIpc) is 2.83. The molecule has 1 atom stereocenters. The second-order valence-electron chi connectivity index (χ2n) is 5.79. The molecule has 0 unspecified atom stereocenters. The minimum Gasteiger partial charge on any atom is -0.394 e. The number of hydrogen-bond acceptors (Lipinski definition) is 5. The van der Waals surface area contributed by atoms with Crippen LogP contribution in [0.3, 0.4) is 0 Å². The molecular weight excluding hydrogens is 282 g/mol. The Labute approximate surface area is 128 Å². The summed E-state index contributed by atoms with van der Waals surface area (Å²) in [6.07, 6.45) is -0.217. The van der Waals surface area contributed by atoms with Crippen LogP contribution in [0.4, 0.5) is 5.69 Å². The third-order valence-corrected chi connectivity index (χ3v) is 3.52. The van der Waals surface area contributed by atoms with Crippen molar-refractivity contribution in [1.29, 1.82) is 0 Å². The summed E-state index contributed by atoms with van der Waals surface area (Å²) in [5, 5.41) is 4.40. The first-order valence-electron chi connectivity index (χ1n) is 7.19. The maximum absolute atomic E-state index is 12.2. The Bertz CT molecular complexity index is 725.